The molecule has 192 valence electrons. The topological polar surface area (TPSA) is 73.5 Å². The lowest BCUT2D eigenvalue weighted by Gasteiger charge is -2.28. The van der Waals surface area contributed by atoms with Crippen molar-refractivity contribution < 1.29 is 9.53 Å². The van der Waals surface area contributed by atoms with Crippen LogP contribution in [0.2, 0.25) is 0 Å². The Morgan fingerprint density at radius 3 is 2.70 bits per heavy atom. The van der Waals surface area contributed by atoms with Crippen LogP contribution in [-0.4, -0.2) is 59.0 Å². The van der Waals surface area contributed by atoms with Gasteiger partial charge in [-0.3, -0.25) is 9.69 Å². The summed E-state index contributed by atoms with van der Waals surface area (Å²) in [5.74, 6) is 1.75. The third-order valence-electron chi connectivity index (χ3n) is 6.95. The van der Waals surface area contributed by atoms with Crippen molar-refractivity contribution in [2.45, 2.75) is 32.4 Å². The molecule has 0 atom stereocenters. The Bertz CT molecular complexity index is 1320. The van der Waals surface area contributed by atoms with Gasteiger partial charge in [-0.15, -0.1) is 0 Å². The summed E-state index contributed by atoms with van der Waals surface area (Å²) in [7, 11) is 1.65. The molecule has 0 radical (unpaired) electrons. The summed E-state index contributed by atoms with van der Waals surface area (Å²) < 4.78 is 5.32. The van der Waals surface area contributed by atoms with Crippen molar-refractivity contribution in [1.82, 2.24) is 19.8 Å². The quantitative estimate of drug-likeness (QED) is 0.398. The predicted molar refractivity (Wildman–Crippen MR) is 148 cm³/mol. The summed E-state index contributed by atoms with van der Waals surface area (Å²) in [5.41, 5.74) is 5.38. The lowest BCUT2D eigenvalue weighted by molar-refractivity contribution is -0.132. The molecule has 5 rings (SSSR count). The minimum atomic E-state index is 0.145. The zero-order valence-corrected chi connectivity index (χ0v) is 21.5. The normalized spacial score (nSPS) is 15.0. The highest BCUT2D eigenvalue weighted by Gasteiger charge is 2.19. The third-order valence-corrected chi connectivity index (χ3v) is 6.95. The number of H-pyrrole nitrogens is 1. The lowest BCUT2D eigenvalue weighted by Crippen LogP contribution is -2.38. The largest absolute Gasteiger partial charge is 0.497 e. The van der Waals surface area contributed by atoms with Gasteiger partial charge in [0.05, 0.1) is 18.1 Å². The van der Waals surface area contributed by atoms with Gasteiger partial charge in [-0.05, 0) is 35.7 Å². The summed E-state index contributed by atoms with van der Waals surface area (Å²) in [6, 6.07) is 24.7. The lowest BCUT2D eigenvalue weighted by atomic mass is 10.1. The molecular weight excluding hydrogens is 462 g/mol. The van der Waals surface area contributed by atoms with Crippen molar-refractivity contribution in [3.8, 4) is 5.75 Å². The van der Waals surface area contributed by atoms with Crippen molar-refractivity contribution >= 4 is 22.6 Å². The molecule has 1 aromatic heterocycles. The number of aromatic nitrogens is 2. The van der Waals surface area contributed by atoms with Crippen LogP contribution in [0.1, 0.15) is 29.8 Å². The van der Waals surface area contributed by atoms with Crippen molar-refractivity contribution in [2.75, 3.05) is 38.6 Å². The number of rotatable bonds is 6. The van der Waals surface area contributed by atoms with Crippen LogP contribution in [0.3, 0.4) is 0 Å². The van der Waals surface area contributed by atoms with E-state index in [2.05, 4.69) is 68.7 Å². The van der Waals surface area contributed by atoms with E-state index in [1.807, 2.05) is 29.2 Å². The molecule has 7 nitrogen and oxygen atoms in total. The van der Waals surface area contributed by atoms with E-state index in [1.165, 1.54) is 5.56 Å². The van der Waals surface area contributed by atoms with E-state index in [4.69, 9.17) is 4.74 Å². The number of carbonyl (C=O) groups is 1. The zero-order chi connectivity index (χ0) is 25.5. The third kappa shape index (κ3) is 6.49. The molecule has 7 heteroatoms. The Labute approximate surface area is 218 Å². The van der Waals surface area contributed by atoms with E-state index < -0.39 is 0 Å². The first-order chi connectivity index (χ1) is 18.2. The average Bonchev–Trinajstić information content (AvgIpc) is 3.33. The Balaban J connectivity index is 1.30. The first kappa shape index (κ1) is 24.8. The molecule has 0 fully saturated rings. The molecule has 0 spiro atoms. The minimum Gasteiger partial charge on any atom is -0.497 e. The molecule has 0 unspecified atom stereocenters. The van der Waals surface area contributed by atoms with E-state index in [0.29, 0.717) is 25.9 Å². The number of fused-ring (bicyclic) bond motifs is 2. The smallest absolute Gasteiger partial charge is 0.223 e. The highest BCUT2D eigenvalue weighted by molar-refractivity contribution is 5.78. The molecule has 1 aliphatic rings. The molecule has 37 heavy (non-hydrogen) atoms. The van der Waals surface area contributed by atoms with Gasteiger partial charge >= 0.3 is 0 Å². The summed E-state index contributed by atoms with van der Waals surface area (Å²) in [5, 5.41) is 3.60. The number of carbonyl (C=O) groups excluding carboxylic acids is 1. The number of methoxy groups -OCH3 is 1. The first-order valence-electron chi connectivity index (χ1n) is 13.1. The number of benzene rings is 3. The summed E-state index contributed by atoms with van der Waals surface area (Å²) in [6.45, 7) is 4.91. The molecule has 4 aromatic rings. The van der Waals surface area contributed by atoms with Crippen molar-refractivity contribution in [3.05, 3.63) is 89.7 Å². The number of hydrogen-bond donors (Lipinski definition) is 2. The van der Waals surface area contributed by atoms with Gasteiger partial charge in [0, 0.05) is 63.9 Å². The van der Waals surface area contributed by atoms with Crippen molar-refractivity contribution in [1.29, 1.82) is 0 Å². The van der Waals surface area contributed by atoms with Crippen LogP contribution in [0.15, 0.2) is 72.8 Å². The number of amides is 1. The van der Waals surface area contributed by atoms with Gasteiger partial charge in [0.25, 0.3) is 0 Å². The fourth-order valence-electron chi connectivity index (χ4n) is 4.90. The number of aromatic amines is 1. The van der Waals surface area contributed by atoms with Crippen LogP contribution in [-0.2, 0) is 24.3 Å². The van der Waals surface area contributed by atoms with Crippen molar-refractivity contribution in [3.63, 3.8) is 0 Å². The Kier molecular flexibility index (Phi) is 8.01. The standard InChI is InChI=1S/C30H35N5O2/c1-37-25-12-13-27-28(20-25)33-29(32-27)14-15-30(36)35-19-18-34(21-23-8-3-2-4-9-23)17-7-16-31-26-11-6-5-10-24(26)22-35/h2-6,8-13,20,31H,7,14-19,21-22H2,1H3,(H,32,33). The highest BCUT2D eigenvalue weighted by atomic mass is 16.5. The Hall–Kier alpha value is -3.84. The first-order valence-corrected chi connectivity index (χ1v) is 13.1. The number of aryl methyl sites for hydroxylation is 1. The van der Waals surface area contributed by atoms with Crippen LogP contribution in [0.5, 0.6) is 5.75 Å². The molecule has 2 heterocycles. The second-order valence-corrected chi connectivity index (χ2v) is 9.58. The van der Waals surface area contributed by atoms with Gasteiger partial charge in [0.1, 0.15) is 11.6 Å². The molecule has 3 aromatic carbocycles. The van der Waals surface area contributed by atoms with Gasteiger partial charge in [-0.2, -0.15) is 0 Å². The molecular formula is C30H35N5O2. The fraction of sp³-hybridized carbons (Fsp3) is 0.333. The van der Waals surface area contributed by atoms with E-state index in [0.717, 1.165) is 66.5 Å². The maximum absolute atomic E-state index is 13.5. The number of anilines is 1. The number of nitrogens with zero attached hydrogens (tertiary/aromatic N) is 3. The monoisotopic (exact) mass is 497 g/mol. The summed E-state index contributed by atoms with van der Waals surface area (Å²) in [6.07, 6.45) is 2.02. The molecule has 1 aliphatic heterocycles. The molecule has 0 saturated carbocycles. The molecule has 1 amide bonds. The second-order valence-electron chi connectivity index (χ2n) is 9.58. The second kappa shape index (κ2) is 11.9. The van der Waals surface area contributed by atoms with Gasteiger partial charge in [-0.25, -0.2) is 4.98 Å². The number of imidazole rings is 1. The Morgan fingerprint density at radius 1 is 1.00 bits per heavy atom. The van der Waals surface area contributed by atoms with Crippen molar-refractivity contribution in [2.24, 2.45) is 0 Å². The number of para-hydroxylation sites is 1. The molecule has 0 saturated heterocycles. The van der Waals surface area contributed by atoms with Gasteiger partial charge in [-0.1, -0.05) is 48.5 Å². The van der Waals surface area contributed by atoms with E-state index in [1.54, 1.807) is 7.11 Å². The van der Waals surface area contributed by atoms with Crippen LogP contribution in [0, 0.1) is 0 Å². The average molecular weight is 498 g/mol. The van der Waals surface area contributed by atoms with E-state index in [9.17, 15) is 4.79 Å². The molecule has 2 N–H and O–H groups in total. The number of ether oxygens (including phenoxy) is 1. The van der Waals surface area contributed by atoms with Gasteiger partial charge in [0.2, 0.25) is 5.91 Å². The van der Waals surface area contributed by atoms with Crippen LogP contribution in [0.25, 0.3) is 11.0 Å². The molecule has 0 bridgehead atoms. The maximum atomic E-state index is 13.5. The van der Waals surface area contributed by atoms with Crippen LogP contribution >= 0.6 is 0 Å². The van der Waals surface area contributed by atoms with Crippen LogP contribution < -0.4 is 10.1 Å². The Morgan fingerprint density at radius 2 is 1.84 bits per heavy atom. The fourth-order valence-corrected chi connectivity index (χ4v) is 4.90. The van der Waals surface area contributed by atoms with Gasteiger partial charge < -0.3 is 19.9 Å². The molecule has 0 aliphatic carbocycles. The minimum absolute atomic E-state index is 0.145. The predicted octanol–water partition coefficient (Wildman–Crippen LogP) is 4.85. The van der Waals surface area contributed by atoms with Gasteiger partial charge in [0.15, 0.2) is 0 Å². The number of nitrogens with one attached hydrogen (secondary N) is 2. The highest BCUT2D eigenvalue weighted by Crippen LogP contribution is 2.21. The van der Waals surface area contributed by atoms with E-state index in [-0.39, 0.29) is 5.91 Å². The SMILES string of the molecule is COc1ccc2nc(CCC(=O)N3CCN(Cc4ccccc4)CCCNc4ccccc4C3)[nH]c2c1. The number of hydrogen-bond acceptors (Lipinski definition) is 5. The summed E-state index contributed by atoms with van der Waals surface area (Å²) >= 11 is 0. The zero-order valence-electron chi connectivity index (χ0n) is 21.5. The van der Waals surface area contributed by atoms with E-state index >= 15 is 0 Å². The maximum Gasteiger partial charge on any atom is 0.223 e. The van der Waals surface area contributed by atoms with Crippen LogP contribution in [0.4, 0.5) is 5.69 Å². The summed E-state index contributed by atoms with van der Waals surface area (Å²) in [4.78, 5) is 26.0.